The number of H-pyrrole nitrogens is 1. The van der Waals surface area contributed by atoms with Crippen molar-refractivity contribution in [1.82, 2.24) is 25.0 Å². The molecule has 0 spiro atoms. The number of aromatic nitrogens is 4. The number of nitrogens with zero attached hydrogens (tertiary/aromatic N) is 3. The Morgan fingerprint density at radius 2 is 1.80 bits per heavy atom. The lowest BCUT2D eigenvalue weighted by Crippen LogP contribution is -2.35. The molecule has 40 heavy (non-hydrogen) atoms. The maximum Gasteiger partial charge on any atom is 0.439 e. The number of carbonyl (C=O) groups is 1. The standard InChI is InChI=1S/C31H33N5O4/c1-2-3-8-26-33-28(21-13-14-21)25(17-27(37)32-22-15-16-22)30(38)36(26)18-19-9-11-20(12-10-19)23-6-4-5-7-24(23)29-34-31(39)40-35-29/h4-7,9-12,21-22H,2-3,8,13-18H2,1H3,(H,32,37)(H,34,35,39). The van der Waals surface area contributed by atoms with Gasteiger partial charge < -0.3 is 5.32 Å². The molecule has 2 saturated carbocycles. The number of nitrogens with one attached hydrogen (secondary N) is 2. The third-order valence-corrected chi connectivity index (χ3v) is 7.60. The molecule has 6 rings (SSSR count). The zero-order valence-corrected chi connectivity index (χ0v) is 22.6. The topological polar surface area (TPSA) is 123 Å². The highest BCUT2D eigenvalue weighted by molar-refractivity contribution is 5.80. The minimum atomic E-state index is -0.602. The van der Waals surface area contributed by atoms with Crippen LogP contribution in [0.15, 0.2) is 62.6 Å². The van der Waals surface area contributed by atoms with Crippen molar-refractivity contribution in [3.8, 4) is 22.5 Å². The third kappa shape index (κ3) is 5.68. The molecule has 2 N–H and O–H groups in total. The van der Waals surface area contributed by atoms with Crippen LogP contribution < -0.4 is 16.6 Å². The summed E-state index contributed by atoms with van der Waals surface area (Å²) in [4.78, 5) is 45.8. The molecule has 2 aromatic heterocycles. The zero-order valence-electron chi connectivity index (χ0n) is 22.6. The summed E-state index contributed by atoms with van der Waals surface area (Å²) in [5, 5.41) is 6.87. The average molecular weight is 540 g/mol. The highest BCUT2D eigenvalue weighted by Crippen LogP contribution is 2.40. The molecule has 9 nitrogen and oxygen atoms in total. The largest absolute Gasteiger partial charge is 0.439 e. The lowest BCUT2D eigenvalue weighted by Gasteiger charge is -2.18. The molecule has 9 heteroatoms. The second kappa shape index (κ2) is 11.1. The van der Waals surface area contributed by atoms with Gasteiger partial charge in [0.2, 0.25) is 5.91 Å². The fourth-order valence-corrected chi connectivity index (χ4v) is 5.13. The third-order valence-electron chi connectivity index (χ3n) is 7.60. The van der Waals surface area contributed by atoms with E-state index in [0.717, 1.165) is 78.7 Å². The zero-order chi connectivity index (χ0) is 27.6. The van der Waals surface area contributed by atoms with E-state index in [2.05, 4.69) is 22.4 Å². The number of benzene rings is 2. The quantitative estimate of drug-likeness (QED) is 0.292. The normalized spacial score (nSPS) is 14.8. The fourth-order valence-electron chi connectivity index (χ4n) is 5.13. The summed E-state index contributed by atoms with van der Waals surface area (Å²) < 4.78 is 6.47. The second-order valence-corrected chi connectivity index (χ2v) is 10.9. The van der Waals surface area contributed by atoms with Crippen LogP contribution in [-0.2, 0) is 24.2 Å². The Morgan fingerprint density at radius 3 is 2.45 bits per heavy atom. The van der Waals surface area contributed by atoms with Crippen LogP contribution in [0.5, 0.6) is 0 Å². The van der Waals surface area contributed by atoms with E-state index in [1.807, 2.05) is 48.5 Å². The molecule has 0 atom stereocenters. The predicted octanol–water partition coefficient (Wildman–Crippen LogP) is 4.34. The van der Waals surface area contributed by atoms with Crippen molar-refractivity contribution in [2.24, 2.45) is 0 Å². The van der Waals surface area contributed by atoms with E-state index >= 15 is 0 Å². The van der Waals surface area contributed by atoms with Crippen molar-refractivity contribution in [1.29, 1.82) is 0 Å². The van der Waals surface area contributed by atoms with Crippen LogP contribution in [0.25, 0.3) is 22.5 Å². The number of unbranched alkanes of at least 4 members (excludes halogenated alkanes) is 1. The van der Waals surface area contributed by atoms with Crippen LogP contribution in [-0.4, -0.2) is 31.6 Å². The number of aryl methyl sites for hydroxylation is 1. The van der Waals surface area contributed by atoms with Gasteiger partial charge in [0.05, 0.1) is 18.7 Å². The highest BCUT2D eigenvalue weighted by Gasteiger charge is 2.32. The second-order valence-electron chi connectivity index (χ2n) is 10.9. The minimum absolute atomic E-state index is 0.0854. The smallest absolute Gasteiger partial charge is 0.353 e. The van der Waals surface area contributed by atoms with Gasteiger partial charge in [-0.25, -0.2) is 9.78 Å². The molecule has 0 radical (unpaired) electrons. The van der Waals surface area contributed by atoms with Gasteiger partial charge in [0, 0.05) is 29.5 Å². The molecule has 206 valence electrons. The average Bonchev–Trinajstić information content (AvgIpc) is 3.90. The number of rotatable bonds is 11. The molecule has 0 unspecified atom stereocenters. The first-order chi connectivity index (χ1) is 19.5. The van der Waals surface area contributed by atoms with Gasteiger partial charge in [-0.3, -0.25) is 23.7 Å². The van der Waals surface area contributed by atoms with Gasteiger partial charge in [0.15, 0.2) is 5.82 Å². The fraction of sp³-hybridized carbons (Fsp3) is 0.387. The van der Waals surface area contributed by atoms with Crippen molar-refractivity contribution in [3.05, 3.63) is 92.1 Å². The molecular formula is C31H33N5O4. The Balaban J connectivity index is 1.32. The Labute approximate surface area is 231 Å². The molecule has 2 fully saturated rings. The first-order valence-electron chi connectivity index (χ1n) is 14.2. The van der Waals surface area contributed by atoms with Gasteiger partial charge in [-0.1, -0.05) is 67.0 Å². The Hall–Kier alpha value is -4.27. The Bertz CT molecular complexity index is 1640. The van der Waals surface area contributed by atoms with Crippen molar-refractivity contribution >= 4 is 5.91 Å². The number of amides is 1. The lowest BCUT2D eigenvalue weighted by atomic mass is 9.98. The van der Waals surface area contributed by atoms with Gasteiger partial charge in [0.25, 0.3) is 5.56 Å². The molecule has 2 heterocycles. The molecular weight excluding hydrogens is 506 g/mol. The molecule has 0 aliphatic heterocycles. The van der Waals surface area contributed by atoms with Crippen LogP contribution in [0.4, 0.5) is 0 Å². The van der Waals surface area contributed by atoms with E-state index in [1.165, 1.54) is 0 Å². The van der Waals surface area contributed by atoms with Crippen molar-refractivity contribution in [2.45, 2.75) is 76.8 Å². The maximum absolute atomic E-state index is 13.9. The van der Waals surface area contributed by atoms with E-state index in [-0.39, 0.29) is 29.8 Å². The minimum Gasteiger partial charge on any atom is -0.353 e. The van der Waals surface area contributed by atoms with Crippen LogP contribution in [0.1, 0.15) is 74.0 Å². The van der Waals surface area contributed by atoms with Gasteiger partial charge in [0.1, 0.15) is 5.82 Å². The first kappa shape index (κ1) is 26.0. The molecule has 2 aliphatic rings. The molecule has 2 aliphatic carbocycles. The summed E-state index contributed by atoms with van der Waals surface area (Å²) in [7, 11) is 0. The molecule has 2 aromatic carbocycles. The van der Waals surface area contributed by atoms with Gasteiger partial charge in [-0.15, -0.1) is 0 Å². The number of aromatic amines is 1. The maximum atomic E-state index is 13.9. The summed E-state index contributed by atoms with van der Waals surface area (Å²) in [5.74, 6) is 0.759. The monoisotopic (exact) mass is 539 g/mol. The van der Waals surface area contributed by atoms with Crippen molar-refractivity contribution in [3.63, 3.8) is 0 Å². The number of hydrogen-bond acceptors (Lipinski definition) is 6. The Morgan fingerprint density at radius 1 is 1.05 bits per heavy atom. The van der Waals surface area contributed by atoms with Crippen LogP contribution in [0.2, 0.25) is 0 Å². The van der Waals surface area contributed by atoms with E-state index < -0.39 is 5.76 Å². The number of carbonyl (C=O) groups excluding carboxylic acids is 1. The summed E-state index contributed by atoms with van der Waals surface area (Å²) in [5.41, 5.74) is 4.85. The summed E-state index contributed by atoms with van der Waals surface area (Å²) in [6.07, 6.45) is 6.82. The summed E-state index contributed by atoms with van der Waals surface area (Å²) in [6, 6.07) is 15.9. The van der Waals surface area contributed by atoms with E-state index in [1.54, 1.807) is 4.57 Å². The summed E-state index contributed by atoms with van der Waals surface area (Å²) >= 11 is 0. The van der Waals surface area contributed by atoms with Crippen LogP contribution in [0.3, 0.4) is 0 Å². The Kier molecular flexibility index (Phi) is 7.19. The van der Waals surface area contributed by atoms with Gasteiger partial charge in [-0.05, 0) is 48.8 Å². The molecule has 4 aromatic rings. The van der Waals surface area contributed by atoms with E-state index in [4.69, 9.17) is 9.51 Å². The predicted molar refractivity (Wildman–Crippen MR) is 151 cm³/mol. The number of hydrogen-bond donors (Lipinski definition) is 2. The molecule has 1 amide bonds. The first-order valence-corrected chi connectivity index (χ1v) is 14.2. The van der Waals surface area contributed by atoms with Gasteiger partial charge in [-0.2, -0.15) is 0 Å². The van der Waals surface area contributed by atoms with Crippen LogP contribution >= 0.6 is 0 Å². The molecule has 0 saturated heterocycles. The van der Waals surface area contributed by atoms with Crippen molar-refractivity contribution in [2.75, 3.05) is 0 Å². The summed E-state index contributed by atoms with van der Waals surface area (Å²) in [6.45, 7) is 2.51. The van der Waals surface area contributed by atoms with Crippen LogP contribution in [0, 0.1) is 0 Å². The molecule has 0 bridgehead atoms. The van der Waals surface area contributed by atoms with E-state index in [9.17, 15) is 14.4 Å². The van der Waals surface area contributed by atoms with Gasteiger partial charge >= 0.3 is 5.76 Å². The SMILES string of the molecule is CCCCc1nc(C2CC2)c(CC(=O)NC2CC2)c(=O)n1Cc1ccc(-c2ccccc2-c2noc(=O)[nH]2)cc1. The van der Waals surface area contributed by atoms with Crippen molar-refractivity contribution < 1.29 is 9.32 Å². The lowest BCUT2D eigenvalue weighted by molar-refractivity contribution is -0.120. The highest BCUT2D eigenvalue weighted by atomic mass is 16.5. The van der Waals surface area contributed by atoms with E-state index in [0.29, 0.717) is 17.9 Å².